The molecular formula is C14H15N3O2. The van der Waals surface area contributed by atoms with Crippen LogP contribution in [0.25, 0.3) is 0 Å². The van der Waals surface area contributed by atoms with Crippen LogP contribution in [0.3, 0.4) is 0 Å². The number of nitrogen functional groups attached to an aromatic ring is 1. The molecule has 2 aromatic rings. The highest BCUT2D eigenvalue weighted by molar-refractivity contribution is 6.04. The van der Waals surface area contributed by atoms with Gasteiger partial charge in [0.15, 0.2) is 0 Å². The number of nitrogens with one attached hydrogen (secondary N) is 2. The van der Waals surface area contributed by atoms with Gasteiger partial charge in [-0.25, -0.2) is 0 Å². The summed E-state index contributed by atoms with van der Waals surface area (Å²) in [5.74, 6) is -0.275. The number of hydrogen-bond acceptors (Lipinski definition) is 3. The summed E-state index contributed by atoms with van der Waals surface area (Å²) < 4.78 is 0. The maximum Gasteiger partial charge on any atom is 0.257 e. The van der Waals surface area contributed by atoms with Crippen LogP contribution >= 0.6 is 0 Å². The van der Waals surface area contributed by atoms with Crippen molar-refractivity contribution in [2.24, 2.45) is 0 Å². The number of hydrogen-bond donors (Lipinski definition) is 3. The van der Waals surface area contributed by atoms with Gasteiger partial charge in [-0.2, -0.15) is 0 Å². The molecule has 0 fully saturated rings. The summed E-state index contributed by atoms with van der Waals surface area (Å²) in [5.41, 5.74) is 9.15. The van der Waals surface area contributed by atoms with Crippen LogP contribution in [0.5, 0.6) is 0 Å². The van der Waals surface area contributed by atoms with E-state index in [1.54, 1.807) is 0 Å². The number of aromatic nitrogens is 1. The zero-order valence-electron chi connectivity index (χ0n) is 10.8. The third-order valence-corrected chi connectivity index (χ3v) is 2.91. The van der Waals surface area contributed by atoms with Crippen molar-refractivity contribution in [1.29, 1.82) is 0 Å². The monoisotopic (exact) mass is 257 g/mol. The first-order chi connectivity index (χ1) is 8.97. The lowest BCUT2D eigenvalue weighted by molar-refractivity contribution is 0.102. The molecule has 98 valence electrons. The summed E-state index contributed by atoms with van der Waals surface area (Å²) in [5, 5.41) is 2.80. The summed E-state index contributed by atoms with van der Waals surface area (Å²) in [7, 11) is 0. The zero-order chi connectivity index (χ0) is 14.0. The fourth-order valence-electron chi connectivity index (χ4n) is 1.72. The molecule has 19 heavy (non-hydrogen) atoms. The minimum absolute atomic E-state index is 0.240. The lowest BCUT2D eigenvalue weighted by atomic mass is 10.1. The Labute approximate surface area is 110 Å². The molecule has 0 spiro atoms. The number of benzene rings is 1. The molecule has 0 atom stereocenters. The average molecular weight is 257 g/mol. The molecule has 5 nitrogen and oxygen atoms in total. The SMILES string of the molecule is Cc1cc(NC(=O)c2ccc(=O)[nH]c2)c(C)cc1N. The van der Waals surface area contributed by atoms with Crippen molar-refractivity contribution in [2.75, 3.05) is 11.1 Å². The van der Waals surface area contributed by atoms with Crippen LogP contribution in [0.4, 0.5) is 11.4 Å². The van der Waals surface area contributed by atoms with Gasteiger partial charge in [-0.15, -0.1) is 0 Å². The van der Waals surface area contributed by atoms with E-state index in [-0.39, 0.29) is 11.5 Å². The van der Waals surface area contributed by atoms with Gasteiger partial charge in [0.05, 0.1) is 5.56 Å². The molecule has 0 unspecified atom stereocenters. The highest BCUT2D eigenvalue weighted by atomic mass is 16.1. The summed E-state index contributed by atoms with van der Waals surface area (Å²) in [4.78, 5) is 25.4. The Morgan fingerprint density at radius 3 is 2.58 bits per heavy atom. The van der Waals surface area contributed by atoms with Crippen LogP contribution in [0.15, 0.2) is 35.3 Å². The van der Waals surface area contributed by atoms with E-state index in [1.807, 2.05) is 26.0 Å². The van der Waals surface area contributed by atoms with E-state index in [2.05, 4.69) is 10.3 Å². The smallest absolute Gasteiger partial charge is 0.257 e. The molecule has 1 heterocycles. The number of aryl methyl sites for hydroxylation is 2. The van der Waals surface area contributed by atoms with Crippen LogP contribution in [-0.2, 0) is 0 Å². The predicted molar refractivity (Wildman–Crippen MR) is 75.3 cm³/mol. The fourth-order valence-corrected chi connectivity index (χ4v) is 1.72. The largest absolute Gasteiger partial charge is 0.399 e. The van der Waals surface area contributed by atoms with E-state index in [4.69, 9.17) is 5.73 Å². The molecule has 0 aliphatic heterocycles. The maximum atomic E-state index is 12.0. The number of pyridine rings is 1. The number of anilines is 2. The topological polar surface area (TPSA) is 88.0 Å². The second-order valence-electron chi connectivity index (χ2n) is 4.42. The van der Waals surface area contributed by atoms with Crippen LogP contribution in [0.2, 0.25) is 0 Å². The molecule has 5 heteroatoms. The minimum atomic E-state index is -0.275. The van der Waals surface area contributed by atoms with Crippen LogP contribution < -0.4 is 16.6 Å². The molecule has 4 N–H and O–H groups in total. The number of carbonyl (C=O) groups is 1. The number of amides is 1. The number of rotatable bonds is 2. The molecule has 2 rings (SSSR count). The second-order valence-corrected chi connectivity index (χ2v) is 4.42. The van der Waals surface area contributed by atoms with Crippen molar-refractivity contribution in [2.45, 2.75) is 13.8 Å². The molecular weight excluding hydrogens is 242 g/mol. The lowest BCUT2D eigenvalue weighted by Crippen LogP contribution is -2.15. The molecule has 0 radical (unpaired) electrons. The predicted octanol–water partition coefficient (Wildman–Crippen LogP) is 1.83. The fraction of sp³-hybridized carbons (Fsp3) is 0.143. The Kier molecular flexibility index (Phi) is 3.37. The summed E-state index contributed by atoms with van der Waals surface area (Å²) in [6.45, 7) is 3.75. The van der Waals surface area contributed by atoms with Gasteiger partial charge in [0, 0.05) is 23.6 Å². The van der Waals surface area contributed by atoms with Crippen molar-refractivity contribution >= 4 is 17.3 Å². The van der Waals surface area contributed by atoms with Gasteiger partial charge < -0.3 is 16.0 Å². The standard InChI is InChI=1S/C14H15N3O2/c1-8-6-12(9(2)5-11(8)15)17-14(19)10-3-4-13(18)16-7-10/h3-7H,15H2,1-2H3,(H,16,18)(H,17,19). The van der Waals surface area contributed by atoms with Crippen molar-refractivity contribution in [3.8, 4) is 0 Å². The molecule has 1 aromatic carbocycles. The Morgan fingerprint density at radius 2 is 1.95 bits per heavy atom. The minimum Gasteiger partial charge on any atom is -0.399 e. The number of carbonyl (C=O) groups excluding carboxylic acids is 1. The van der Waals surface area contributed by atoms with E-state index in [0.717, 1.165) is 11.1 Å². The van der Waals surface area contributed by atoms with Crippen LogP contribution in [0.1, 0.15) is 21.5 Å². The van der Waals surface area contributed by atoms with Gasteiger partial charge in [0.1, 0.15) is 0 Å². The van der Waals surface area contributed by atoms with Crippen molar-refractivity contribution in [3.05, 3.63) is 57.5 Å². The first-order valence-electron chi connectivity index (χ1n) is 5.84. The van der Waals surface area contributed by atoms with Crippen molar-refractivity contribution in [3.63, 3.8) is 0 Å². The van der Waals surface area contributed by atoms with Crippen molar-refractivity contribution < 1.29 is 4.79 Å². The molecule has 0 saturated carbocycles. The Balaban J connectivity index is 2.26. The van der Waals surface area contributed by atoms with E-state index in [0.29, 0.717) is 16.9 Å². The molecule has 1 aromatic heterocycles. The summed E-state index contributed by atoms with van der Waals surface area (Å²) >= 11 is 0. The Bertz CT molecular complexity index is 669. The van der Waals surface area contributed by atoms with Crippen molar-refractivity contribution in [1.82, 2.24) is 4.98 Å². The second kappa shape index (κ2) is 4.97. The van der Waals surface area contributed by atoms with Gasteiger partial charge in [-0.3, -0.25) is 9.59 Å². The Hall–Kier alpha value is -2.56. The number of aromatic amines is 1. The molecule has 0 aliphatic carbocycles. The molecule has 0 bridgehead atoms. The number of H-pyrrole nitrogens is 1. The van der Waals surface area contributed by atoms with E-state index in [1.165, 1.54) is 18.3 Å². The highest BCUT2D eigenvalue weighted by Gasteiger charge is 2.09. The average Bonchev–Trinajstić information content (AvgIpc) is 2.36. The molecule has 0 saturated heterocycles. The van der Waals surface area contributed by atoms with Gasteiger partial charge in [-0.1, -0.05) is 0 Å². The van der Waals surface area contributed by atoms with Gasteiger partial charge in [0.2, 0.25) is 5.56 Å². The third-order valence-electron chi connectivity index (χ3n) is 2.91. The maximum absolute atomic E-state index is 12.0. The third kappa shape index (κ3) is 2.82. The Morgan fingerprint density at radius 1 is 1.21 bits per heavy atom. The van der Waals surface area contributed by atoms with Gasteiger partial charge in [-0.05, 0) is 43.2 Å². The lowest BCUT2D eigenvalue weighted by Gasteiger charge is -2.11. The first kappa shape index (κ1) is 12.9. The van der Waals surface area contributed by atoms with Gasteiger partial charge in [0.25, 0.3) is 5.91 Å². The van der Waals surface area contributed by atoms with Gasteiger partial charge >= 0.3 is 0 Å². The summed E-state index contributed by atoms with van der Waals surface area (Å²) in [6.07, 6.45) is 1.39. The normalized spacial score (nSPS) is 10.2. The highest BCUT2D eigenvalue weighted by Crippen LogP contribution is 2.22. The van der Waals surface area contributed by atoms with Crippen LogP contribution in [-0.4, -0.2) is 10.9 Å². The molecule has 0 aliphatic rings. The van der Waals surface area contributed by atoms with Crippen LogP contribution in [0, 0.1) is 13.8 Å². The number of nitrogens with two attached hydrogens (primary N) is 1. The molecule has 1 amide bonds. The quantitative estimate of drug-likeness (QED) is 0.717. The van der Waals surface area contributed by atoms with E-state index in [9.17, 15) is 9.59 Å². The zero-order valence-corrected chi connectivity index (χ0v) is 10.8. The van der Waals surface area contributed by atoms with E-state index >= 15 is 0 Å². The van der Waals surface area contributed by atoms with E-state index < -0.39 is 0 Å². The first-order valence-corrected chi connectivity index (χ1v) is 5.84. The summed E-state index contributed by atoms with van der Waals surface area (Å²) in [6, 6.07) is 6.44.